The van der Waals surface area contributed by atoms with Crippen molar-refractivity contribution in [3.63, 3.8) is 0 Å². The molecule has 0 bridgehead atoms. The standard InChI is InChI=1S/C25H23NO3/c27-24(20-11-5-2-6-12-20)29-26-17-15-25(16-18-26)22-14-8-7-13-21(22)23(28-25)19-9-3-1-4-10-19/h1-14,23H,15-18H2. The molecule has 1 unspecified atom stereocenters. The molecular formula is C25H23NO3. The number of piperidine rings is 1. The van der Waals surface area contributed by atoms with Gasteiger partial charge in [0, 0.05) is 13.1 Å². The molecule has 1 spiro atoms. The minimum absolute atomic E-state index is 0.0502. The quantitative estimate of drug-likeness (QED) is 0.645. The van der Waals surface area contributed by atoms with Crippen LogP contribution in [0.1, 0.15) is 46.0 Å². The van der Waals surface area contributed by atoms with Gasteiger partial charge in [-0.3, -0.25) is 0 Å². The van der Waals surface area contributed by atoms with Gasteiger partial charge in [0.1, 0.15) is 6.10 Å². The number of nitrogens with zero attached hydrogens (tertiary/aromatic N) is 1. The molecule has 29 heavy (non-hydrogen) atoms. The fourth-order valence-corrected chi connectivity index (χ4v) is 4.44. The van der Waals surface area contributed by atoms with E-state index in [1.807, 2.05) is 24.3 Å². The van der Waals surface area contributed by atoms with E-state index in [0.717, 1.165) is 12.8 Å². The third-order valence-corrected chi connectivity index (χ3v) is 5.93. The van der Waals surface area contributed by atoms with Crippen LogP contribution in [-0.4, -0.2) is 24.1 Å². The van der Waals surface area contributed by atoms with E-state index in [9.17, 15) is 4.79 Å². The lowest BCUT2D eigenvalue weighted by Crippen LogP contribution is -2.43. The number of hydrogen-bond donors (Lipinski definition) is 0. The average Bonchev–Trinajstić information content (AvgIpc) is 3.11. The molecular weight excluding hydrogens is 362 g/mol. The predicted octanol–water partition coefficient (Wildman–Crippen LogP) is 4.87. The Hall–Kier alpha value is -2.95. The second kappa shape index (κ2) is 7.47. The number of fused-ring (bicyclic) bond motifs is 2. The summed E-state index contributed by atoms with van der Waals surface area (Å²) in [5.74, 6) is -0.309. The summed E-state index contributed by atoms with van der Waals surface area (Å²) in [4.78, 5) is 18.0. The molecule has 0 aromatic heterocycles. The maximum absolute atomic E-state index is 12.4. The third-order valence-electron chi connectivity index (χ3n) is 5.93. The van der Waals surface area contributed by atoms with Gasteiger partial charge in [0.05, 0.1) is 11.2 Å². The van der Waals surface area contributed by atoms with Crippen LogP contribution in [0.2, 0.25) is 0 Å². The molecule has 1 atom stereocenters. The second-order valence-corrected chi connectivity index (χ2v) is 7.66. The van der Waals surface area contributed by atoms with Gasteiger partial charge in [0.2, 0.25) is 0 Å². The van der Waals surface area contributed by atoms with E-state index in [0.29, 0.717) is 18.7 Å². The van der Waals surface area contributed by atoms with E-state index in [1.165, 1.54) is 16.7 Å². The summed E-state index contributed by atoms with van der Waals surface area (Å²) in [5.41, 5.74) is 3.93. The topological polar surface area (TPSA) is 38.8 Å². The van der Waals surface area contributed by atoms with Crippen molar-refractivity contribution in [1.29, 1.82) is 0 Å². The normalized spacial score (nSPS) is 20.3. The second-order valence-electron chi connectivity index (χ2n) is 7.66. The van der Waals surface area contributed by atoms with Gasteiger partial charge in [-0.15, -0.1) is 5.06 Å². The van der Waals surface area contributed by atoms with Crippen molar-refractivity contribution in [3.8, 4) is 0 Å². The van der Waals surface area contributed by atoms with Crippen molar-refractivity contribution in [1.82, 2.24) is 5.06 Å². The third kappa shape index (κ3) is 3.35. The molecule has 0 aliphatic carbocycles. The molecule has 1 fully saturated rings. The Bertz CT molecular complexity index is 995. The molecule has 0 N–H and O–H groups in total. The number of ether oxygens (including phenoxy) is 1. The molecule has 4 heteroatoms. The number of hydroxylamine groups is 2. The van der Waals surface area contributed by atoms with Gasteiger partial charge in [-0.25, -0.2) is 4.79 Å². The van der Waals surface area contributed by atoms with Crippen LogP contribution in [0.5, 0.6) is 0 Å². The average molecular weight is 385 g/mol. The monoisotopic (exact) mass is 385 g/mol. The summed E-state index contributed by atoms with van der Waals surface area (Å²) < 4.78 is 6.72. The van der Waals surface area contributed by atoms with Gasteiger partial charge in [-0.05, 0) is 41.7 Å². The summed E-state index contributed by atoms with van der Waals surface area (Å²) in [5, 5.41) is 1.77. The summed E-state index contributed by atoms with van der Waals surface area (Å²) in [6, 6.07) is 28.0. The Balaban J connectivity index is 1.33. The number of hydrogen-bond acceptors (Lipinski definition) is 4. The van der Waals surface area contributed by atoms with Crippen LogP contribution in [0, 0.1) is 0 Å². The Labute approximate surface area is 170 Å². The van der Waals surface area contributed by atoms with E-state index >= 15 is 0 Å². The highest BCUT2D eigenvalue weighted by molar-refractivity contribution is 5.89. The lowest BCUT2D eigenvalue weighted by atomic mass is 9.83. The van der Waals surface area contributed by atoms with Crippen LogP contribution in [0.3, 0.4) is 0 Å². The lowest BCUT2D eigenvalue weighted by Gasteiger charge is -2.38. The molecule has 0 saturated carbocycles. The van der Waals surface area contributed by atoms with E-state index in [4.69, 9.17) is 9.57 Å². The lowest BCUT2D eigenvalue weighted by molar-refractivity contribution is -0.172. The van der Waals surface area contributed by atoms with Crippen molar-refractivity contribution in [2.24, 2.45) is 0 Å². The van der Waals surface area contributed by atoms with E-state index in [1.54, 1.807) is 17.2 Å². The summed E-state index contributed by atoms with van der Waals surface area (Å²) in [7, 11) is 0. The summed E-state index contributed by atoms with van der Waals surface area (Å²) in [6.07, 6.45) is 1.52. The molecule has 0 amide bonds. The van der Waals surface area contributed by atoms with Gasteiger partial charge in [0.25, 0.3) is 0 Å². The SMILES string of the molecule is O=C(ON1CCC2(CC1)OC(c1ccccc1)c1ccccc12)c1ccccc1. The first-order valence-corrected chi connectivity index (χ1v) is 10.1. The first-order valence-electron chi connectivity index (χ1n) is 10.1. The van der Waals surface area contributed by atoms with Crippen molar-refractivity contribution in [3.05, 3.63) is 107 Å². The zero-order chi connectivity index (χ0) is 19.7. The Morgan fingerprint density at radius 1 is 0.862 bits per heavy atom. The minimum atomic E-state index is -0.327. The Morgan fingerprint density at radius 3 is 2.21 bits per heavy atom. The molecule has 4 nitrogen and oxygen atoms in total. The van der Waals surface area contributed by atoms with Gasteiger partial charge < -0.3 is 9.57 Å². The van der Waals surface area contributed by atoms with Gasteiger partial charge in [0.15, 0.2) is 0 Å². The molecule has 0 radical (unpaired) electrons. The van der Waals surface area contributed by atoms with E-state index < -0.39 is 0 Å². The van der Waals surface area contributed by atoms with Crippen molar-refractivity contribution >= 4 is 5.97 Å². The van der Waals surface area contributed by atoms with E-state index in [-0.39, 0.29) is 17.7 Å². The van der Waals surface area contributed by atoms with Gasteiger partial charge in [-0.1, -0.05) is 72.8 Å². The highest BCUT2D eigenvalue weighted by Crippen LogP contribution is 2.51. The highest BCUT2D eigenvalue weighted by Gasteiger charge is 2.47. The number of rotatable bonds is 3. The van der Waals surface area contributed by atoms with Crippen LogP contribution in [-0.2, 0) is 15.2 Å². The van der Waals surface area contributed by atoms with Crippen molar-refractivity contribution in [2.45, 2.75) is 24.5 Å². The van der Waals surface area contributed by atoms with Crippen LogP contribution in [0.15, 0.2) is 84.9 Å². The molecule has 5 rings (SSSR count). The smallest absolute Gasteiger partial charge is 0.357 e. The zero-order valence-electron chi connectivity index (χ0n) is 16.2. The van der Waals surface area contributed by atoms with Crippen LogP contribution in [0.4, 0.5) is 0 Å². The predicted molar refractivity (Wildman–Crippen MR) is 110 cm³/mol. The largest absolute Gasteiger partial charge is 0.364 e. The van der Waals surface area contributed by atoms with E-state index in [2.05, 4.69) is 48.5 Å². The van der Waals surface area contributed by atoms with Crippen LogP contribution in [0.25, 0.3) is 0 Å². The number of benzene rings is 3. The Morgan fingerprint density at radius 2 is 1.48 bits per heavy atom. The Kier molecular flexibility index (Phi) is 4.66. The summed E-state index contributed by atoms with van der Waals surface area (Å²) >= 11 is 0. The fourth-order valence-electron chi connectivity index (χ4n) is 4.44. The molecule has 3 aromatic carbocycles. The summed E-state index contributed by atoms with van der Waals surface area (Å²) in [6.45, 7) is 1.29. The zero-order valence-corrected chi connectivity index (χ0v) is 16.2. The van der Waals surface area contributed by atoms with Gasteiger partial charge in [-0.2, -0.15) is 0 Å². The van der Waals surface area contributed by atoms with Crippen LogP contribution >= 0.6 is 0 Å². The van der Waals surface area contributed by atoms with Crippen molar-refractivity contribution < 1.29 is 14.4 Å². The molecule has 2 aliphatic heterocycles. The van der Waals surface area contributed by atoms with Crippen molar-refractivity contribution in [2.75, 3.05) is 13.1 Å². The molecule has 3 aromatic rings. The first-order chi connectivity index (χ1) is 14.3. The molecule has 146 valence electrons. The fraction of sp³-hybridized carbons (Fsp3) is 0.240. The molecule has 1 saturated heterocycles. The maximum Gasteiger partial charge on any atom is 0.357 e. The van der Waals surface area contributed by atoms with Crippen LogP contribution < -0.4 is 0 Å². The van der Waals surface area contributed by atoms with Gasteiger partial charge >= 0.3 is 5.97 Å². The number of carbonyl (C=O) groups excluding carboxylic acids is 1. The first kappa shape index (κ1) is 18.1. The molecule has 2 aliphatic rings. The number of carbonyl (C=O) groups is 1. The highest BCUT2D eigenvalue weighted by atomic mass is 16.7. The molecule has 2 heterocycles. The minimum Gasteiger partial charge on any atom is -0.364 e. The maximum atomic E-state index is 12.4.